The van der Waals surface area contributed by atoms with Crippen molar-refractivity contribution in [2.75, 3.05) is 50.1 Å². The average molecular weight is 796 g/mol. The fourth-order valence-electron chi connectivity index (χ4n) is 8.01. The topological polar surface area (TPSA) is 181 Å². The van der Waals surface area contributed by atoms with Gasteiger partial charge in [-0.15, -0.1) is 0 Å². The van der Waals surface area contributed by atoms with Crippen LogP contribution in [-0.4, -0.2) is 91.6 Å². The number of benzene rings is 2. The van der Waals surface area contributed by atoms with Gasteiger partial charge in [0.25, 0.3) is 11.8 Å². The average Bonchev–Trinajstić information content (AvgIpc) is 3.79. The normalized spacial score (nSPS) is 23.4. The Hall–Kier alpha value is -6.03. The first kappa shape index (κ1) is 40.2. The van der Waals surface area contributed by atoms with Gasteiger partial charge in [0.1, 0.15) is 11.6 Å². The van der Waals surface area contributed by atoms with Gasteiger partial charge >= 0.3 is 0 Å². The predicted molar refractivity (Wildman–Crippen MR) is 215 cm³/mol. The molecule has 2 bridgehead atoms. The van der Waals surface area contributed by atoms with Gasteiger partial charge in [0.2, 0.25) is 17.8 Å². The molecule has 5 heterocycles. The molecule has 3 aromatic rings. The zero-order valence-corrected chi connectivity index (χ0v) is 32.7. The lowest BCUT2D eigenvalue weighted by Crippen LogP contribution is -2.40. The maximum atomic E-state index is 15.0. The number of aryl methyl sites for hydroxylation is 1. The monoisotopic (exact) mass is 795 g/mol. The summed E-state index contributed by atoms with van der Waals surface area (Å²) in [5.74, 6) is -3.53. The molecule has 16 heteroatoms. The maximum Gasteiger partial charge on any atom is 0.280 e. The van der Waals surface area contributed by atoms with Gasteiger partial charge in [-0.1, -0.05) is 6.92 Å². The van der Waals surface area contributed by atoms with E-state index in [1.54, 1.807) is 37.1 Å². The van der Waals surface area contributed by atoms with Crippen LogP contribution >= 0.6 is 0 Å². The van der Waals surface area contributed by atoms with Gasteiger partial charge < -0.3 is 35.9 Å². The fraction of sp³-hybridized carbons (Fsp3) is 0.405. The third kappa shape index (κ3) is 8.61. The minimum Gasteiger partial charge on any atom is -0.479 e. The predicted octanol–water partition coefficient (Wildman–Crippen LogP) is 4.65. The number of aromatic nitrogens is 1. The molecule has 4 amide bonds. The number of amides is 4. The quantitative estimate of drug-likeness (QED) is 0.159. The lowest BCUT2D eigenvalue weighted by atomic mass is 9.89. The highest BCUT2D eigenvalue weighted by Crippen LogP contribution is 2.36. The van der Waals surface area contributed by atoms with Gasteiger partial charge in [0, 0.05) is 67.7 Å². The van der Waals surface area contributed by atoms with Crippen molar-refractivity contribution in [2.45, 2.75) is 64.3 Å². The van der Waals surface area contributed by atoms with Gasteiger partial charge in [-0.3, -0.25) is 29.5 Å². The van der Waals surface area contributed by atoms with Gasteiger partial charge in [0.05, 0.1) is 35.2 Å². The van der Waals surface area contributed by atoms with Crippen LogP contribution in [0.15, 0.2) is 53.3 Å². The number of carbonyl (C=O) groups is 4. The molecule has 0 saturated carbocycles. The van der Waals surface area contributed by atoms with Crippen molar-refractivity contribution >= 4 is 52.8 Å². The van der Waals surface area contributed by atoms with Crippen LogP contribution in [0.5, 0.6) is 0 Å². The van der Waals surface area contributed by atoms with Gasteiger partial charge in [-0.05, 0) is 99.5 Å². The van der Waals surface area contributed by atoms with Gasteiger partial charge in [0.15, 0.2) is 5.88 Å². The number of pyridine rings is 1. The first-order valence-corrected chi connectivity index (χ1v) is 19.6. The van der Waals surface area contributed by atoms with Crippen molar-refractivity contribution in [1.29, 1.82) is 5.41 Å². The van der Waals surface area contributed by atoms with Crippen LogP contribution in [0.4, 0.5) is 20.2 Å². The minimum absolute atomic E-state index is 0.0218. The van der Waals surface area contributed by atoms with Crippen molar-refractivity contribution < 1.29 is 32.7 Å². The number of rotatable bonds is 8. The Balaban J connectivity index is 1.03. The molecular formula is C42H47F2N9O5. The minimum atomic E-state index is -1.05. The molecule has 7 rings (SSSR count). The molecule has 0 radical (unpaired) electrons. The molecule has 2 saturated heterocycles. The molecule has 14 nitrogen and oxygen atoms in total. The van der Waals surface area contributed by atoms with E-state index in [0.717, 1.165) is 30.4 Å². The van der Waals surface area contributed by atoms with E-state index in [0.29, 0.717) is 91.1 Å². The van der Waals surface area contributed by atoms with E-state index < -0.39 is 35.3 Å². The third-order valence-electron chi connectivity index (χ3n) is 11.0. The summed E-state index contributed by atoms with van der Waals surface area (Å²) in [6.07, 6.45) is 3.80. The number of nitrogens with one attached hydrogen (secondary N) is 5. The van der Waals surface area contributed by atoms with Crippen LogP contribution in [0.3, 0.4) is 0 Å². The molecule has 0 spiro atoms. The molecule has 2 aromatic carbocycles. The van der Waals surface area contributed by atoms with Crippen molar-refractivity contribution in [3.63, 3.8) is 0 Å². The maximum absolute atomic E-state index is 15.0. The van der Waals surface area contributed by atoms with Gasteiger partial charge in [-0.25, -0.2) is 8.78 Å². The molecule has 0 aliphatic carbocycles. The van der Waals surface area contributed by atoms with Crippen LogP contribution in [0.25, 0.3) is 5.57 Å². The van der Waals surface area contributed by atoms with Crippen molar-refractivity contribution in [3.05, 3.63) is 93.6 Å². The summed E-state index contributed by atoms with van der Waals surface area (Å²) in [4.78, 5) is 64.2. The SMILES string of the molecule is CN/C1=C(\C=N)c2cc(cc(C)n2)C(=O)/N=C2\Nc3ccc(C(=O)N4CC[C@H](NCCc5cc(F)c([C@H]6CCC(=O)NC6=O)c(F)c5)C4)cc3N2C[C@H](C)CCCO1. The lowest BCUT2D eigenvalue weighted by molar-refractivity contribution is -0.134. The van der Waals surface area contributed by atoms with E-state index in [9.17, 15) is 19.2 Å². The Morgan fingerprint density at radius 1 is 1.05 bits per heavy atom. The van der Waals surface area contributed by atoms with E-state index in [2.05, 4.69) is 38.2 Å². The molecule has 5 N–H and O–H groups in total. The number of imide groups is 1. The molecule has 4 aliphatic heterocycles. The van der Waals surface area contributed by atoms with Crippen LogP contribution in [-0.2, 0) is 20.7 Å². The van der Waals surface area contributed by atoms with E-state index in [-0.39, 0.29) is 36.3 Å². The number of allylic oxidation sites excluding steroid dienone is 1. The third-order valence-corrected chi connectivity index (χ3v) is 11.0. The molecular weight excluding hydrogens is 749 g/mol. The zero-order chi connectivity index (χ0) is 41.1. The smallest absolute Gasteiger partial charge is 0.280 e. The zero-order valence-electron chi connectivity index (χ0n) is 32.7. The Bertz CT molecular complexity index is 2200. The number of fused-ring (bicyclic) bond motifs is 5. The first-order chi connectivity index (χ1) is 27.9. The Labute approximate surface area is 335 Å². The molecule has 304 valence electrons. The van der Waals surface area contributed by atoms with Crippen molar-refractivity contribution in [3.8, 4) is 0 Å². The number of carbonyl (C=O) groups excluding carboxylic acids is 4. The van der Waals surface area contributed by atoms with Crippen LogP contribution in [0.2, 0.25) is 0 Å². The number of nitrogens with zero attached hydrogens (tertiary/aromatic N) is 4. The molecule has 3 atom stereocenters. The summed E-state index contributed by atoms with van der Waals surface area (Å²) in [5, 5.41) is 19.9. The van der Waals surface area contributed by atoms with Crippen LogP contribution in [0, 0.1) is 29.9 Å². The number of hydrogen-bond acceptors (Lipinski definition) is 11. The number of aliphatic imine (C=N–C) groups is 1. The molecule has 4 aliphatic rings. The lowest BCUT2D eigenvalue weighted by Gasteiger charge is -2.24. The summed E-state index contributed by atoms with van der Waals surface area (Å²) >= 11 is 0. The van der Waals surface area contributed by atoms with Crippen molar-refractivity contribution in [2.24, 2.45) is 10.9 Å². The number of guanidine groups is 1. The largest absolute Gasteiger partial charge is 0.479 e. The number of likely N-dealkylation sites (tertiary alicyclic amines) is 1. The van der Waals surface area contributed by atoms with E-state index in [4.69, 9.17) is 10.1 Å². The number of anilines is 2. The second-order valence-corrected chi connectivity index (χ2v) is 15.2. The van der Waals surface area contributed by atoms with E-state index in [1.807, 2.05) is 17.0 Å². The fourth-order valence-corrected chi connectivity index (χ4v) is 8.01. The van der Waals surface area contributed by atoms with Gasteiger partial charge in [-0.2, -0.15) is 4.99 Å². The number of piperidine rings is 1. The van der Waals surface area contributed by atoms with Crippen LogP contribution < -0.4 is 26.2 Å². The Morgan fingerprint density at radius 3 is 2.59 bits per heavy atom. The Morgan fingerprint density at radius 2 is 1.84 bits per heavy atom. The second-order valence-electron chi connectivity index (χ2n) is 15.2. The molecule has 2 fully saturated rings. The summed E-state index contributed by atoms with van der Waals surface area (Å²) in [5.41, 5.74) is 3.79. The van der Waals surface area contributed by atoms with Crippen molar-refractivity contribution in [1.82, 2.24) is 25.8 Å². The number of hydrogen-bond donors (Lipinski definition) is 5. The summed E-state index contributed by atoms with van der Waals surface area (Å²) in [6, 6.07) is 11.1. The second kappa shape index (κ2) is 17.2. The molecule has 1 aromatic heterocycles. The van der Waals surface area contributed by atoms with E-state index >= 15 is 8.78 Å². The van der Waals surface area contributed by atoms with E-state index in [1.165, 1.54) is 12.1 Å². The summed E-state index contributed by atoms with van der Waals surface area (Å²) < 4.78 is 36.1. The number of ether oxygens (including phenoxy) is 1. The first-order valence-electron chi connectivity index (χ1n) is 19.6. The Kier molecular flexibility index (Phi) is 11.9. The number of halogens is 2. The molecule has 58 heavy (non-hydrogen) atoms. The highest BCUT2D eigenvalue weighted by atomic mass is 19.1. The van der Waals surface area contributed by atoms with Crippen LogP contribution in [0.1, 0.15) is 88.2 Å². The highest BCUT2D eigenvalue weighted by Gasteiger charge is 2.34. The highest BCUT2D eigenvalue weighted by molar-refractivity contribution is 6.20. The standard InChI is InChI=1S/C42H47F2N9O5/c1-23-5-4-14-58-40(46-3)30(20-45)34-18-27(15-24(2)48-34)38(55)51-42-49-33-8-6-26(19-35(33)53(42)21-23)41(57)52-13-11-28(22-52)47-12-10-25-16-31(43)37(32(44)17-25)29-7-9-36(54)50-39(29)56/h6,8,15-20,23,28-29,45-47H,4-5,7,9-14,21-22H2,1-3H3,(H,49,51,55)(H,50,54,56)/b40-30-,45-20?/t23-,28+,29-/m1/s1. The summed E-state index contributed by atoms with van der Waals surface area (Å²) in [7, 11) is 1.71. The molecule has 0 unspecified atom stereocenters. The summed E-state index contributed by atoms with van der Waals surface area (Å²) in [6.45, 7) is 6.21.